The minimum absolute atomic E-state index is 0.256. The Labute approximate surface area is 131 Å². The molecule has 108 valence electrons. The average molecular weight is 347 g/mol. The summed E-state index contributed by atoms with van der Waals surface area (Å²) in [4.78, 5) is 23.8. The zero-order valence-corrected chi connectivity index (χ0v) is 12.9. The Bertz CT molecular complexity index is 707. The van der Waals surface area contributed by atoms with Crippen molar-refractivity contribution in [3.8, 4) is 0 Å². The van der Waals surface area contributed by atoms with Gasteiger partial charge in [0.05, 0.1) is 0 Å². The highest BCUT2D eigenvalue weighted by Gasteiger charge is 2.20. The molecule has 3 N–H and O–H groups in total. The van der Waals surface area contributed by atoms with Crippen LogP contribution < -0.4 is 11.1 Å². The number of fused-ring (bicyclic) bond motifs is 1. The predicted molar refractivity (Wildman–Crippen MR) is 87.1 cm³/mol. The van der Waals surface area contributed by atoms with Crippen molar-refractivity contribution >= 4 is 38.5 Å². The molecular formula is C16H15BrN2O2. The highest BCUT2D eigenvalue weighted by atomic mass is 79.9. The third-order valence-electron chi connectivity index (χ3n) is 3.11. The second-order valence-corrected chi connectivity index (χ2v) is 5.80. The van der Waals surface area contributed by atoms with E-state index in [1.165, 1.54) is 0 Å². The van der Waals surface area contributed by atoms with E-state index in [9.17, 15) is 9.59 Å². The first-order valence-electron chi connectivity index (χ1n) is 6.40. The molecule has 0 saturated carbocycles. The van der Waals surface area contributed by atoms with Crippen molar-refractivity contribution in [1.29, 1.82) is 0 Å². The lowest BCUT2D eigenvalue weighted by Gasteiger charge is -2.15. The molecule has 0 unspecified atom stereocenters. The van der Waals surface area contributed by atoms with Gasteiger partial charge in [0.1, 0.15) is 6.04 Å². The van der Waals surface area contributed by atoms with Crippen molar-refractivity contribution in [2.75, 3.05) is 0 Å². The van der Waals surface area contributed by atoms with Gasteiger partial charge in [-0.25, -0.2) is 0 Å². The Morgan fingerprint density at radius 3 is 2.52 bits per heavy atom. The Morgan fingerprint density at radius 2 is 1.86 bits per heavy atom. The molecule has 2 rings (SSSR count). The van der Waals surface area contributed by atoms with Crippen LogP contribution >= 0.6 is 15.9 Å². The smallest absolute Gasteiger partial charge is 0.252 e. The molecule has 0 aliphatic carbocycles. The lowest BCUT2D eigenvalue weighted by Crippen LogP contribution is -2.44. The number of benzene rings is 2. The Hall–Kier alpha value is -2.14. The van der Waals surface area contributed by atoms with Gasteiger partial charge in [-0.3, -0.25) is 9.59 Å². The van der Waals surface area contributed by atoms with Crippen LogP contribution in [0.15, 0.2) is 53.5 Å². The van der Waals surface area contributed by atoms with E-state index < -0.39 is 11.9 Å². The number of hydrogen-bond acceptors (Lipinski definition) is 2. The number of hydrogen-bond donors (Lipinski definition) is 2. The second kappa shape index (κ2) is 6.54. The molecule has 5 heteroatoms. The van der Waals surface area contributed by atoms with Gasteiger partial charge in [0, 0.05) is 12.0 Å². The van der Waals surface area contributed by atoms with Gasteiger partial charge in [-0.05, 0) is 21.3 Å². The summed E-state index contributed by atoms with van der Waals surface area (Å²) in [5.74, 6) is -0.923. The maximum Gasteiger partial charge on any atom is 0.252 e. The lowest BCUT2D eigenvalue weighted by atomic mass is 10.0. The quantitative estimate of drug-likeness (QED) is 0.873. The molecule has 0 aliphatic heterocycles. The van der Waals surface area contributed by atoms with Crippen LogP contribution in [0, 0.1) is 0 Å². The number of nitrogens with two attached hydrogens (primary N) is 1. The maximum atomic E-state index is 12.4. The number of primary amides is 1. The third-order valence-corrected chi connectivity index (χ3v) is 3.43. The van der Waals surface area contributed by atoms with Crippen molar-refractivity contribution in [2.24, 2.45) is 5.73 Å². The Morgan fingerprint density at radius 1 is 1.19 bits per heavy atom. The molecular weight excluding hydrogens is 332 g/mol. The van der Waals surface area contributed by atoms with Crippen LogP contribution in [0.25, 0.3) is 10.8 Å². The fraction of sp³-hybridized carbons (Fsp3) is 0.125. The summed E-state index contributed by atoms with van der Waals surface area (Å²) in [6.45, 7) is 3.66. The monoisotopic (exact) mass is 346 g/mol. The summed E-state index contributed by atoms with van der Waals surface area (Å²) in [6.07, 6.45) is 0.256. The van der Waals surface area contributed by atoms with Crippen molar-refractivity contribution in [2.45, 2.75) is 12.5 Å². The van der Waals surface area contributed by atoms with E-state index in [0.29, 0.717) is 10.0 Å². The van der Waals surface area contributed by atoms with E-state index in [-0.39, 0.29) is 12.3 Å². The number of carbonyl (C=O) groups is 2. The first-order chi connectivity index (χ1) is 9.99. The summed E-state index contributed by atoms with van der Waals surface area (Å²) in [5, 5.41) is 4.45. The van der Waals surface area contributed by atoms with E-state index in [0.717, 1.165) is 10.8 Å². The fourth-order valence-electron chi connectivity index (χ4n) is 2.10. The van der Waals surface area contributed by atoms with Crippen LogP contribution in [-0.4, -0.2) is 17.9 Å². The Kier molecular flexibility index (Phi) is 4.75. The molecule has 2 aromatic carbocycles. The minimum atomic E-state index is -0.789. The van der Waals surface area contributed by atoms with E-state index in [1.54, 1.807) is 12.1 Å². The van der Waals surface area contributed by atoms with Gasteiger partial charge in [0.25, 0.3) is 5.91 Å². The van der Waals surface area contributed by atoms with Crippen LogP contribution in [0.2, 0.25) is 0 Å². The van der Waals surface area contributed by atoms with E-state index >= 15 is 0 Å². The fourth-order valence-corrected chi connectivity index (χ4v) is 2.43. The van der Waals surface area contributed by atoms with Crippen molar-refractivity contribution < 1.29 is 9.59 Å². The van der Waals surface area contributed by atoms with Gasteiger partial charge in [0.2, 0.25) is 5.91 Å². The SMILES string of the molecule is C=C(Br)C[C@H](NC(=O)c1cccc2ccccc12)C(N)=O. The number of carbonyl (C=O) groups excluding carboxylic acids is 2. The molecule has 0 radical (unpaired) electrons. The summed E-state index contributed by atoms with van der Waals surface area (Å²) in [7, 11) is 0. The third kappa shape index (κ3) is 3.70. The minimum Gasteiger partial charge on any atom is -0.368 e. The van der Waals surface area contributed by atoms with Gasteiger partial charge in [-0.15, -0.1) is 0 Å². The highest BCUT2D eigenvalue weighted by Crippen LogP contribution is 2.19. The molecule has 0 fully saturated rings. The number of amides is 2. The second-order valence-electron chi connectivity index (χ2n) is 4.68. The summed E-state index contributed by atoms with van der Waals surface area (Å²) in [6, 6.07) is 12.2. The van der Waals surface area contributed by atoms with Gasteiger partial charge in [-0.1, -0.05) is 58.9 Å². The topological polar surface area (TPSA) is 72.2 Å². The Balaban J connectivity index is 2.29. The molecule has 1 atom stereocenters. The molecule has 0 saturated heterocycles. The van der Waals surface area contributed by atoms with E-state index in [2.05, 4.69) is 27.8 Å². The van der Waals surface area contributed by atoms with Crippen molar-refractivity contribution in [1.82, 2.24) is 5.32 Å². The van der Waals surface area contributed by atoms with Gasteiger partial charge < -0.3 is 11.1 Å². The van der Waals surface area contributed by atoms with Crippen LogP contribution in [0.5, 0.6) is 0 Å². The average Bonchev–Trinajstić information content (AvgIpc) is 2.45. The van der Waals surface area contributed by atoms with E-state index in [4.69, 9.17) is 5.73 Å². The summed E-state index contributed by atoms with van der Waals surface area (Å²) in [5.41, 5.74) is 5.82. The van der Waals surface area contributed by atoms with Gasteiger partial charge in [0.15, 0.2) is 0 Å². The van der Waals surface area contributed by atoms with Crippen molar-refractivity contribution in [3.63, 3.8) is 0 Å². The normalized spacial score (nSPS) is 11.9. The number of nitrogens with one attached hydrogen (secondary N) is 1. The van der Waals surface area contributed by atoms with Crippen LogP contribution in [0.1, 0.15) is 16.8 Å². The van der Waals surface area contributed by atoms with Gasteiger partial charge in [-0.2, -0.15) is 0 Å². The highest BCUT2D eigenvalue weighted by molar-refractivity contribution is 9.11. The molecule has 4 nitrogen and oxygen atoms in total. The maximum absolute atomic E-state index is 12.4. The largest absolute Gasteiger partial charge is 0.368 e. The zero-order valence-electron chi connectivity index (χ0n) is 11.3. The lowest BCUT2D eigenvalue weighted by molar-refractivity contribution is -0.119. The molecule has 2 amide bonds. The first kappa shape index (κ1) is 15.3. The predicted octanol–water partition coefficient (Wildman–Crippen LogP) is 2.72. The molecule has 0 aromatic heterocycles. The molecule has 0 heterocycles. The van der Waals surface area contributed by atoms with Gasteiger partial charge >= 0.3 is 0 Å². The van der Waals surface area contributed by atoms with Crippen molar-refractivity contribution in [3.05, 3.63) is 59.1 Å². The van der Waals surface area contributed by atoms with Crippen LogP contribution in [0.3, 0.4) is 0 Å². The summed E-state index contributed by atoms with van der Waals surface area (Å²) < 4.78 is 0.601. The molecule has 2 aromatic rings. The summed E-state index contributed by atoms with van der Waals surface area (Å²) >= 11 is 3.18. The molecule has 0 aliphatic rings. The number of halogens is 1. The van der Waals surface area contributed by atoms with Crippen LogP contribution in [0.4, 0.5) is 0 Å². The molecule has 0 bridgehead atoms. The molecule has 0 spiro atoms. The molecule has 21 heavy (non-hydrogen) atoms. The standard InChI is InChI=1S/C16H15BrN2O2/c1-10(17)9-14(15(18)20)19-16(21)13-8-4-6-11-5-2-3-7-12(11)13/h2-8,14H,1,9H2,(H2,18,20)(H,19,21)/t14-/m0/s1. The first-order valence-corrected chi connectivity index (χ1v) is 7.19. The zero-order chi connectivity index (χ0) is 15.4. The van der Waals surface area contributed by atoms with Crippen LogP contribution in [-0.2, 0) is 4.79 Å². The number of rotatable bonds is 5. The van der Waals surface area contributed by atoms with E-state index in [1.807, 2.05) is 30.3 Å².